The quantitative estimate of drug-likeness (QED) is 0.562. The fourth-order valence-corrected chi connectivity index (χ4v) is 1.38. The fraction of sp³-hybridized carbons (Fsp3) is 0.889. The summed E-state index contributed by atoms with van der Waals surface area (Å²) in [6, 6.07) is 0. The van der Waals surface area contributed by atoms with Crippen LogP contribution in [-0.4, -0.2) is 13.0 Å². The van der Waals surface area contributed by atoms with E-state index >= 15 is 0 Å². The van der Waals surface area contributed by atoms with Gasteiger partial charge in [0.05, 0.1) is 0 Å². The van der Waals surface area contributed by atoms with Gasteiger partial charge in [0.25, 0.3) is 0 Å². The van der Waals surface area contributed by atoms with Crippen molar-refractivity contribution in [2.45, 2.75) is 39.5 Å². The Morgan fingerprint density at radius 1 is 1.27 bits per heavy atom. The number of carbonyl (C=O) groups excluding carboxylic acids is 1. The molecule has 0 aliphatic carbocycles. The summed E-state index contributed by atoms with van der Waals surface area (Å²) in [5, 5.41) is 2.74. The van der Waals surface area contributed by atoms with E-state index in [-0.39, 0.29) is 0 Å². The lowest BCUT2D eigenvalue weighted by atomic mass is 9.98. The molecule has 0 bridgehead atoms. The minimum atomic E-state index is 0.690. The van der Waals surface area contributed by atoms with Crippen molar-refractivity contribution in [1.29, 1.82) is 0 Å². The Morgan fingerprint density at radius 2 is 1.82 bits per heavy atom. The molecule has 0 aromatic carbocycles. The van der Waals surface area contributed by atoms with Crippen molar-refractivity contribution in [1.82, 2.24) is 5.32 Å². The van der Waals surface area contributed by atoms with Gasteiger partial charge in [0.2, 0.25) is 6.41 Å². The summed E-state index contributed by atoms with van der Waals surface area (Å²) in [7, 11) is 0. The van der Waals surface area contributed by atoms with Crippen molar-refractivity contribution in [2.75, 3.05) is 6.54 Å². The predicted octanol–water partition coefficient (Wildman–Crippen LogP) is 1.95. The Kier molecular flexibility index (Phi) is 7.21. The third kappa shape index (κ3) is 5.89. The highest BCUT2D eigenvalue weighted by Crippen LogP contribution is 2.11. The Labute approximate surface area is 69.4 Å². The van der Waals surface area contributed by atoms with Gasteiger partial charge in [-0.2, -0.15) is 0 Å². The van der Waals surface area contributed by atoms with E-state index in [0.717, 1.165) is 13.0 Å². The minimum Gasteiger partial charge on any atom is -0.358 e. The van der Waals surface area contributed by atoms with Gasteiger partial charge in [0, 0.05) is 6.54 Å². The van der Waals surface area contributed by atoms with Gasteiger partial charge in [0.15, 0.2) is 0 Å². The molecule has 1 amide bonds. The Balaban J connectivity index is 3.41. The van der Waals surface area contributed by atoms with Crippen LogP contribution in [-0.2, 0) is 4.79 Å². The Morgan fingerprint density at radius 3 is 2.18 bits per heavy atom. The number of rotatable bonds is 7. The monoisotopic (exact) mass is 157 g/mol. The molecule has 2 heteroatoms. The third-order valence-corrected chi connectivity index (χ3v) is 1.88. The summed E-state index contributed by atoms with van der Waals surface area (Å²) in [5.74, 6) is 0.690. The predicted molar refractivity (Wildman–Crippen MR) is 47.4 cm³/mol. The standard InChI is InChI=1S/C9H19NO/c1-3-5-9(6-4-2)7-10-8-11/h8-9H,3-7H2,1-2H3,(H,10,11). The van der Waals surface area contributed by atoms with Gasteiger partial charge in [-0.05, 0) is 18.8 Å². The molecule has 0 aliphatic heterocycles. The zero-order valence-electron chi connectivity index (χ0n) is 7.60. The smallest absolute Gasteiger partial charge is 0.207 e. The van der Waals surface area contributed by atoms with Crippen LogP contribution < -0.4 is 5.32 Å². The van der Waals surface area contributed by atoms with Crippen LogP contribution in [0.25, 0.3) is 0 Å². The van der Waals surface area contributed by atoms with Gasteiger partial charge in [0.1, 0.15) is 0 Å². The van der Waals surface area contributed by atoms with Crippen LogP contribution in [0.4, 0.5) is 0 Å². The van der Waals surface area contributed by atoms with Gasteiger partial charge in [-0.25, -0.2) is 0 Å². The highest BCUT2D eigenvalue weighted by Gasteiger charge is 2.04. The second-order valence-corrected chi connectivity index (χ2v) is 2.97. The number of amides is 1. The maximum atomic E-state index is 10.0. The maximum Gasteiger partial charge on any atom is 0.207 e. The van der Waals surface area contributed by atoms with Gasteiger partial charge in [-0.3, -0.25) is 4.79 Å². The van der Waals surface area contributed by atoms with Crippen molar-refractivity contribution in [3.05, 3.63) is 0 Å². The van der Waals surface area contributed by atoms with E-state index in [9.17, 15) is 4.79 Å². The third-order valence-electron chi connectivity index (χ3n) is 1.88. The molecule has 0 unspecified atom stereocenters. The molecule has 0 rings (SSSR count). The van der Waals surface area contributed by atoms with E-state index < -0.39 is 0 Å². The molecule has 0 heterocycles. The first-order valence-electron chi connectivity index (χ1n) is 4.52. The van der Waals surface area contributed by atoms with Crippen molar-refractivity contribution < 1.29 is 4.79 Å². The molecule has 0 fully saturated rings. The Bertz CT molecular complexity index is 87.6. The summed E-state index contributed by atoms with van der Waals surface area (Å²) >= 11 is 0. The molecule has 1 N–H and O–H groups in total. The van der Waals surface area contributed by atoms with E-state index in [0.29, 0.717) is 5.92 Å². The molecule has 0 saturated heterocycles. The summed E-state index contributed by atoms with van der Waals surface area (Å²) in [6.45, 7) is 5.22. The first-order valence-corrected chi connectivity index (χ1v) is 4.52. The lowest BCUT2D eigenvalue weighted by Gasteiger charge is -2.13. The molecule has 0 aliphatic rings. The van der Waals surface area contributed by atoms with E-state index in [4.69, 9.17) is 0 Å². The second-order valence-electron chi connectivity index (χ2n) is 2.97. The summed E-state index contributed by atoms with van der Waals surface area (Å²) in [5.41, 5.74) is 0. The van der Waals surface area contributed by atoms with Crippen LogP contribution in [0.1, 0.15) is 39.5 Å². The van der Waals surface area contributed by atoms with Gasteiger partial charge in [-0.15, -0.1) is 0 Å². The molecule has 0 radical (unpaired) electrons. The molecule has 0 aromatic heterocycles. The molecule has 2 nitrogen and oxygen atoms in total. The van der Waals surface area contributed by atoms with E-state index in [1.807, 2.05) is 0 Å². The highest BCUT2D eigenvalue weighted by atomic mass is 16.1. The Hall–Kier alpha value is -0.530. The molecular weight excluding hydrogens is 138 g/mol. The number of carbonyl (C=O) groups is 1. The van der Waals surface area contributed by atoms with E-state index in [1.165, 1.54) is 25.7 Å². The first kappa shape index (κ1) is 10.5. The lowest BCUT2D eigenvalue weighted by molar-refractivity contribution is -0.109. The summed E-state index contributed by atoms with van der Waals surface area (Å²) in [4.78, 5) is 10.0. The number of nitrogens with one attached hydrogen (secondary N) is 1. The fourth-order valence-electron chi connectivity index (χ4n) is 1.38. The maximum absolute atomic E-state index is 10.0. The number of hydrogen-bond acceptors (Lipinski definition) is 1. The summed E-state index contributed by atoms with van der Waals surface area (Å²) < 4.78 is 0. The number of hydrogen-bond donors (Lipinski definition) is 1. The van der Waals surface area contributed by atoms with Crippen LogP contribution in [0.2, 0.25) is 0 Å². The average Bonchev–Trinajstić information content (AvgIpc) is 2.01. The van der Waals surface area contributed by atoms with Crippen LogP contribution in [0.3, 0.4) is 0 Å². The molecule has 0 saturated carbocycles. The topological polar surface area (TPSA) is 29.1 Å². The molecular formula is C9H19NO. The zero-order chi connectivity index (χ0) is 8.53. The van der Waals surface area contributed by atoms with Crippen LogP contribution >= 0.6 is 0 Å². The van der Waals surface area contributed by atoms with Crippen LogP contribution in [0.15, 0.2) is 0 Å². The molecule has 0 spiro atoms. The van der Waals surface area contributed by atoms with Crippen LogP contribution in [0, 0.1) is 5.92 Å². The minimum absolute atomic E-state index is 0.690. The summed E-state index contributed by atoms with van der Waals surface area (Å²) in [6.07, 6.45) is 5.68. The van der Waals surface area contributed by atoms with Crippen molar-refractivity contribution in [3.8, 4) is 0 Å². The molecule has 66 valence electrons. The SMILES string of the molecule is CCCC(CCC)CNC=O. The molecule has 0 aromatic rings. The van der Waals surface area contributed by atoms with Crippen molar-refractivity contribution >= 4 is 6.41 Å². The first-order chi connectivity index (χ1) is 5.35. The normalized spacial score (nSPS) is 10.1. The van der Waals surface area contributed by atoms with Gasteiger partial charge >= 0.3 is 0 Å². The van der Waals surface area contributed by atoms with Crippen LogP contribution in [0.5, 0.6) is 0 Å². The molecule has 11 heavy (non-hydrogen) atoms. The largest absolute Gasteiger partial charge is 0.358 e. The average molecular weight is 157 g/mol. The van der Waals surface area contributed by atoms with Crippen molar-refractivity contribution in [3.63, 3.8) is 0 Å². The van der Waals surface area contributed by atoms with Gasteiger partial charge < -0.3 is 5.32 Å². The van der Waals surface area contributed by atoms with Gasteiger partial charge in [-0.1, -0.05) is 26.7 Å². The van der Waals surface area contributed by atoms with E-state index in [1.54, 1.807) is 0 Å². The zero-order valence-corrected chi connectivity index (χ0v) is 7.60. The lowest BCUT2D eigenvalue weighted by Crippen LogP contribution is -2.21. The second kappa shape index (κ2) is 7.58. The highest BCUT2D eigenvalue weighted by molar-refractivity contribution is 5.45. The van der Waals surface area contributed by atoms with E-state index in [2.05, 4.69) is 19.2 Å². The van der Waals surface area contributed by atoms with Crippen molar-refractivity contribution in [2.24, 2.45) is 5.92 Å². The molecule has 0 atom stereocenters.